The van der Waals surface area contributed by atoms with Gasteiger partial charge < -0.3 is 9.64 Å². The summed E-state index contributed by atoms with van der Waals surface area (Å²) < 4.78 is 43.2. The van der Waals surface area contributed by atoms with E-state index in [-0.39, 0.29) is 5.69 Å². The maximum Gasteiger partial charge on any atom is 0.444 e. The summed E-state index contributed by atoms with van der Waals surface area (Å²) in [5.41, 5.74) is -2.66. The van der Waals surface area contributed by atoms with Crippen molar-refractivity contribution in [1.29, 1.82) is 5.39 Å². The lowest BCUT2D eigenvalue weighted by Gasteiger charge is -2.22. The Morgan fingerprint density at radius 2 is 2.00 bits per heavy atom. The second-order valence-electron chi connectivity index (χ2n) is 3.89. The molecule has 1 unspecified atom stereocenters. The number of diazo groups is 1. The van der Waals surface area contributed by atoms with Crippen LogP contribution in [0.1, 0.15) is 13.8 Å². The molecule has 1 aromatic carbocycles. The molecule has 0 spiro atoms. The van der Waals surface area contributed by atoms with Gasteiger partial charge in [-0.25, -0.2) is 4.39 Å². The first-order chi connectivity index (χ1) is 9.35. The Hall–Kier alpha value is -1.68. The molecular weight excluding hydrogens is 295 g/mol. The van der Waals surface area contributed by atoms with Crippen LogP contribution in [0.4, 0.5) is 24.5 Å². The summed E-state index contributed by atoms with van der Waals surface area (Å²) in [4.78, 5) is 4.68. The fraction of sp³-hybridized carbons (Fsp3) is 0.500. The van der Waals surface area contributed by atoms with Crippen LogP contribution < -0.4 is 9.64 Å². The second kappa shape index (κ2) is 6.66. The molecule has 0 amide bonds. The molecule has 0 heterocycles. The number of hydrogen-bond donors (Lipinski definition) is 0. The Balaban J connectivity index is 3.16. The average Bonchev–Trinajstić information content (AvgIpc) is 2.40. The fourth-order valence-electron chi connectivity index (χ4n) is 1.64. The van der Waals surface area contributed by atoms with Crippen molar-refractivity contribution in [3.63, 3.8) is 0 Å². The maximum absolute atomic E-state index is 13.2. The number of anilines is 1. The highest BCUT2D eigenvalue weighted by atomic mass is 35.5. The van der Waals surface area contributed by atoms with Crippen LogP contribution in [-0.2, 0) is 0 Å². The summed E-state index contributed by atoms with van der Waals surface area (Å²) in [6.45, 7) is 5.06. The number of halogens is 4. The highest BCUT2D eigenvalue weighted by Crippen LogP contribution is 2.37. The number of alkyl halides is 4. The highest BCUT2D eigenvalue weighted by molar-refractivity contribution is 6.20. The maximum atomic E-state index is 13.2. The van der Waals surface area contributed by atoms with E-state index in [4.69, 9.17) is 17.0 Å². The van der Waals surface area contributed by atoms with Gasteiger partial charge >= 0.3 is 11.8 Å². The molecule has 0 N–H and O–H groups in total. The SMILES string of the molecule is CCN(CC)c1ccc([N+]#N)c(OC(F)(F)C(F)Cl)c1. The van der Waals surface area contributed by atoms with Gasteiger partial charge in [0.2, 0.25) is 11.1 Å². The zero-order valence-electron chi connectivity index (χ0n) is 11.0. The molecule has 0 aromatic heterocycles. The molecule has 0 fully saturated rings. The molecule has 1 aromatic rings. The number of rotatable bonds is 6. The molecule has 0 aliphatic rings. The van der Waals surface area contributed by atoms with Crippen molar-refractivity contribution < 1.29 is 17.9 Å². The molecule has 0 saturated heterocycles. The van der Waals surface area contributed by atoms with Crippen molar-refractivity contribution in [1.82, 2.24) is 0 Å². The lowest BCUT2D eigenvalue weighted by atomic mass is 10.2. The predicted molar refractivity (Wildman–Crippen MR) is 71.1 cm³/mol. The minimum absolute atomic E-state index is 0.238. The summed E-state index contributed by atoms with van der Waals surface area (Å²) in [5, 5.41) is 8.76. The van der Waals surface area contributed by atoms with Crippen molar-refractivity contribution in [2.45, 2.75) is 25.6 Å². The van der Waals surface area contributed by atoms with Crippen LogP contribution in [0.25, 0.3) is 4.98 Å². The van der Waals surface area contributed by atoms with E-state index in [2.05, 4.69) is 9.71 Å². The monoisotopic (exact) mass is 308 g/mol. The summed E-state index contributed by atoms with van der Waals surface area (Å²) in [6, 6.07) is 4.12. The molecule has 4 nitrogen and oxygen atoms in total. The topological polar surface area (TPSA) is 40.6 Å². The number of hydrogen-bond acceptors (Lipinski definition) is 3. The van der Waals surface area contributed by atoms with Crippen LogP contribution in [0.2, 0.25) is 0 Å². The van der Waals surface area contributed by atoms with Crippen molar-refractivity contribution in [3.05, 3.63) is 23.2 Å². The zero-order valence-corrected chi connectivity index (χ0v) is 11.7. The van der Waals surface area contributed by atoms with Gasteiger partial charge in [0.25, 0.3) is 5.63 Å². The van der Waals surface area contributed by atoms with Gasteiger partial charge in [0.1, 0.15) is 0 Å². The smallest absolute Gasteiger partial charge is 0.421 e. The van der Waals surface area contributed by atoms with Crippen LogP contribution in [-0.4, -0.2) is 24.8 Å². The molecule has 0 aliphatic carbocycles. The molecule has 0 radical (unpaired) electrons. The summed E-state index contributed by atoms with van der Waals surface area (Å²) in [7, 11) is 0. The third-order valence-electron chi connectivity index (χ3n) is 2.68. The van der Waals surface area contributed by atoms with Crippen molar-refractivity contribution in [2.75, 3.05) is 18.0 Å². The molecule has 8 heteroatoms. The van der Waals surface area contributed by atoms with Crippen LogP contribution in [0.15, 0.2) is 18.2 Å². The Bertz CT molecular complexity index is 501. The summed E-state index contributed by atoms with van der Waals surface area (Å²) in [5.74, 6) is -0.454. The van der Waals surface area contributed by atoms with Crippen LogP contribution in [0.5, 0.6) is 5.75 Å². The van der Waals surface area contributed by atoms with Gasteiger partial charge in [-0.2, -0.15) is 8.78 Å². The Morgan fingerprint density at radius 1 is 1.40 bits per heavy atom. The Morgan fingerprint density at radius 3 is 2.45 bits per heavy atom. The molecule has 0 aliphatic heterocycles. The number of ether oxygens (including phenoxy) is 1. The predicted octanol–water partition coefficient (Wildman–Crippen LogP) is 4.52. The zero-order chi connectivity index (χ0) is 15.3. The summed E-state index contributed by atoms with van der Waals surface area (Å²) in [6.07, 6.45) is -4.22. The van der Waals surface area contributed by atoms with Crippen LogP contribution in [0, 0.1) is 5.39 Å². The highest BCUT2D eigenvalue weighted by Gasteiger charge is 2.43. The number of benzene rings is 1. The van der Waals surface area contributed by atoms with Gasteiger partial charge in [-0.05, 0) is 19.9 Å². The van der Waals surface area contributed by atoms with E-state index in [1.54, 1.807) is 6.07 Å². The first kappa shape index (κ1) is 16.4. The quantitative estimate of drug-likeness (QED) is 0.573. The van der Waals surface area contributed by atoms with E-state index >= 15 is 0 Å². The molecule has 1 atom stereocenters. The third kappa shape index (κ3) is 3.67. The number of nitrogens with zero attached hydrogens (tertiary/aromatic N) is 3. The van der Waals surface area contributed by atoms with Gasteiger partial charge in [-0.3, -0.25) is 0 Å². The average molecular weight is 309 g/mol. The van der Waals surface area contributed by atoms with E-state index in [0.29, 0.717) is 18.8 Å². The van der Waals surface area contributed by atoms with Gasteiger partial charge in [-0.15, -0.1) is 0 Å². The van der Waals surface area contributed by atoms with E-state index in [9.17, 15) is 13.2 Å². The molecule has 110 valence electrons. The largest absolute Gasteiger partial charge is 0.444 e. The Labute approximate surface area is 119 Å². The van der Waals surface area contributed by atoms with Gasteiger partial charge in [0.05, 0.1) is 0 Å². The van der Waals surface area contributed by atoms with Crippen molar-refractivity contribution in [2.24, 2.45) is 0 Å². The second-order valence-corrected chi connectivity index (χ2v) is 4.27. The standard InChI is InChI=1S/C12H14ClF3N3O/c1-3-19(4-2)8-5-6-9(18-17)10(7-8)20-12(15,16)11(13)14/h5-7,11H,3-4H2,1-2H3/q+1. The van der Waals surface area contributed by atoms with Crippen LogP contribution >= 0.6 is 11.6 Å². The minimum atomic E-state index is -4.22. The Kier molecular flexibility index (Phi) is 5.45. The summed E-state index contributed by atoms with van der Waals surface area (Å²) >= 11 is 4.73. The first-order valence-electron chi connectivity index (χ1n) is 5.94. The molecule has 20 heavy (non-hydrogen) atoms. The van der Waals surface area contributed by atoms with Gasteiger partial charge in [-0.1, -0.05) is 11.6 Å². The van der Waals surface area contributed by atoms with E-state index < -0.39 is 17.5 Å². The van der Waals surface area contributed by atoms with Gasteiger partial charge in [0, 0.05) is 30.9 Å². The lowest BCUT2D eigenvalue weighted by molar-refractivity contribution is -0.198. The fourth-order valence-corrected chi connectivity index (χ4v) is 1.69. The molecule has 0 saturated carbocycles. The van der Waals surface area contributed by atoms with Crippen LogP contribution in [0.3, 0.4) is 0 Å². The molecule has 0 bridgehead atoms. The lowest BCUT2D eigenvalue weighted by Crippen LogP contribution is -2.33. The van der Waals surface area contributed by atoms with E-state index in [1.807, 2.05) is 18.7 Å². The van der Waals surface area contributed by atoms with E-state index in [1.165, 1.54) is 12.1 Å². The minimum Gasteiger partial charge on any atom is -0.421 e. The third-order valence-corrected chi connectivity index (χ3v) is 2.93. The van der Waals surface area contributed by atoms with Gasteiger partial charge in [0.15, 0.2) is 4.98 Å². The normalized spacial score (nSPS) is 12.7. The van der Waals surface area contributed by atoms with E-state index in [0.717, 1.165) is 0 Å². The first-order valence-corrected chi connectivity index (χ1v) is 6.38. The van der Waals surface area contributed by atoms with Crippen molar-refractivity contribution >= 4 is 23.0 Å². The molecular formula is C12H14ClF3N3O+. The van der Waals surface area contributed by atoms with Crippen molar-refractivity contribution in [3.8, 4) is 5.75 Å². The molecule has 1 rings (SSSR count).